The molecule has 41 heavy (non-hydrogen) atoms. The third-order valence-corrected chi connectivity index (χ3v) is 8.44. The maximum Gasteiger partial charge on any atom is 0.164 e. The van der Waals surface area contributed by atoms with E-state index in [0.29, 0.717) is 17.5 Å². The summed E-state index contributed by atoms with van der Waals surface area (Å²) in [6.45, 7) is 0. The summed E-state index contributed by atoms with van der Waals surface area (Å²) in [5.41, 5.74) is 6.92. The van der Waals surface area contributed by atoms with Crippen LogP contribution in [0.5, 0.6) is 0 Å². The van der Waals surface area contributed by atoms with Gasteiger partial charge in [0.25, 0.3) is 0 Å². The molecule has 0 N–H and O–H groups in total. The SMILES string of the molecule is c1ccc(-c2ccc(-c3nc(-c4ccccc4)nc(-c4ccc5sc6c7ccccc7nnc6c5c4)n3)cc2)cc1. The highest BCUT2D eigenvalue weighted by Gasteiger charge is 2.16. The highest BCUT2D eigenvalue weighted by molar-refractivity contribution is 7.26. The molecule has 0 unspecified atom stereocenters. The number of nitrogens with zero attached hydrogens (tertiary/aromatic N) is 5. The monoisotopic (exact) mass is 543 g/mol. The van der Waals surface area contributed by atoms with Gasteiger partial charge in [-0.2, -0.15) is 0 Å². The van der Waals surface area contributed by atoms with Crippen LogP contribution in [0.15, 0.2) is 127 Å². The van der Waals surface area contributed by atoms with E-state index in [1.54, 1.807) is 11.3 Å². The molecule has 0 saturated heterocycles. The number of rotatable bonds is 4. The number of hydrogen-bond acceptors (Lipinski definition) is 6. The molecule has 192 valence electrons. The van der Waals surface area contributed by atoms with Crippen molar-refractivity contribution in [2.45, 2.75) is 0 Å². The Morgan fingerprint density at radius 2 is 0.951 bits per heavy atom. The Bertz CT molecular complexity index is 2190. The molecule has 0 radical (unpaired) electrons. The van der Waals surface area contributed by atoms with Gasteiger partial charge in [-0.3, -0.25) is 0 Å². The minimum Gasteiger partial charge on any atom is -0.208 e. The van der Waals surface area contributed by atoms with Crippen LogP contribution in [-0.2, 0) is 0 Å². The molecule has 3 heterocycles. The Labute approximate surface area is 239 Å². The Morgan fingerprint density at radius 3 is 1.68 bits per heavy atom. The summed E-state index contributed by atoms with van der Waals surface area (Å²) in [5, 5.41) is 11.3. The molecule has 0 fully saturated rings. The van der Waals surface area contributed by atoms with Crippen molar-refractivity contribution in [1.29, 1.82) is 0 Å². The van der Waals surface area contributed by atoms with Crippen LogP contribution in [0.2, 0.25) is 0 Å². The molecule has 0 bridgehead atoms. The fourth-order valence-electron chi connectivity index (χ4n) is 5.16. The lowest BCUT2D eigenvalue weighted by Crippen LogP contribution is -2.00. The first-order valence-corrected chi connectivity index (χ1v) is 14.2. The molecular weight excluding hydrogens is 522 g/mol. The van der Waals surface area contributed by atoms with Crippen LogP contribution < -0.4 is 0 Å². The van der Waals surface area contributed by atoms with E-state index in [-0.39, 0.29) is 0 Å². The minimum absolute atomic E-state index is 0.621. The van der Waals surface area contributed by atoms with E-state index in [1.165, 1.54) is 5.56 Å². The molecule has 0 atom stereocenters. The summed E-state index contributed by atoms with van der Waals surface area (Å²) >= 11 is 1.74. The van der Waals surface area contributed by atoms with Crippen molar-refractivity contribution >= 4 is 42.5 Å². The molecule has 5 nitrogen and oxygen atoms in total. The van der Waals surface area contributed by atoms with Gasteiger partial charge in [0.05, 0.1) is 10.2 Å². The zero-order chi connectivity index (χ0) is 27.2. The van der Waals surface area contributed by atoms with E-state index in [0.717, 1.165) is 53.5 Å². The summed E-state index contributed by atoms with van der Waals surface area (Å²) in [6, 6.07) is 43.3. The van der Waals surface area contributed by atoms with Crippen molar-refractivity contribution in [1.82, 2.24) is 25.1 Å². The molecule has 0 amide bonds. The lowest BCUT2D eigenvalue weighted by atomic mass is 10.0. The quantitative estimate of drug-likeness (QED) is 0.222. The van der Waals surface area contributed by atoms with Crippen molar-refractivity contribution in [3.05, 3.63) is 127 Å². The predicted octanol–water partition coefficient (Wildman–Crippen LogP) is 8.85. The molecule has 0 spiro atoms. The molecule has 0 saturated carbocycles. The highest BCUT2D eigenvalue weighted by atomic mass is 32.1. The summed E-state index contributed by atoms with van der Waals surface area (Å²) < 4.78 is 2.30. The normalized spacial score (nSPS) is 11.4. The standard InChI is InChI=1S/C35H21N5S/c1-3-9-22(10-4-1)23-15-17-25(18-16-23)34-36-33(24-11-5-2-6-12-24)37-35(38-34)26-19-20-30-28(21-26)31-32(41-30)27-13-7-8-14-29(27)39-40-31/h1-21H. The summed E-state index contributed by atoms with van der Waals surface area (Å²) in [4.78, 5) is 14.8. The minimum atomic E-state index is 0.621. The van der Waals surface area contributed by atoms with Gasteiger partial charge in [0.15, 0.2) is 17.5 Å². The average Bonchev–Trinajstić information content (AvgIpc) is 3.44. The molecule has 6 heteroatoms. The predicted molar refractivity (Wildman–Crippen MR) is 168 cm³/mol. The third-order valence-electron chi connectivity index (χ3n) is 7.24. The Hall–Kier alpha value is -5.33. The zero-order valence-corrected chi connectivity index (χ0v) is 22.6. The molecule has 0 aliphatic carbocycles. The maximum atomic E-state index is 4.97. The van der Waals surface area contributed by atoms with Crippen molar-refractivity contribution in [2.24, 2.45) is 0 Å². The number of fused-ring (bicyclic) bond motifs is 5. The highest BCUT2D eigenvalue weighted by Crippen LogP contribution is 2.38. The smallest absolute Gasteiger partial charge is 0.164 e. The fraction of sp³-hybridized carbons (Fsp3) is 0. The maximum absolute atomic E-state index is 4.97. The van der Waals surface area contributed by atoms with E-state index in [2.05, 4.69) is 83.0 Å². The first-order valence-electron chi connectivity index (χ1n) is 13.4. The van der Waals surface area contributed by atoms with Crippen LogP contribution in [0.4, 0.5) is 0 Å². The van der Waals surface area contributed by atoms with Crippen LogP contribution in [0.3, 0.4) is 0 Å². The van der Waals surface area contributed by atoms with E-state index in [4.69, 9.17) is 15.0 Å². The van der Waals surface area contributed by atoms with Gasteiger partial charge in [-0.1, -0.05) is 103 Å². The lowest BCUT2D eigenvalue weighted by molar-refractivity contribution is 1.07. The Balaban J connectivity index is 1.28. The van der Waals surface area contributed by atoms with Crippen LogP contribution >= 0.6 is 11.3 Å². The molecule has 5 aromatic carbocycles. The lowest BCUT2D eigenvalue weighted by Gasteiger charge is -2.09. The van der Waals surface area contributed by atoms with Crippen LogP contribution in [0, 0.1) is 0 Å². The van der Waals surface area contributed by atoms with Gasteiger partial charge in [0.2, 0.25) is 0 Å². The first kappa shape index (κ1) is 23.5. The second kappa shape index (κ2) is 9.70. The van der Waals surface area contributed by atoms with Gasteiger partial charge in [-0.15, -0.1) is 21.5 Å². The van der Waals surface area contributed by atoms with Gasteiger partial charge in [0.1, 0.15) is 5.52 Å². The van der Waals surface area contributed by atoms with Crippen molar-refractivity contribution in [3.63, 3.8) is 0 Å². The molecule has 0 aliphatic heterocycles. The second-order valence-electron chi connectivity index (χ2n) is 9.82. The number of hydrogen-bond donors (Lipinski definition) is 0. The molecule has 8 aromatic rings. The van der Waals surface area contributed by atoms with Gasteiger partial charge >= 0.3 is 0 Å². The Morgan fingerprint density at radius 1 is 0.415 bits per heavy atom. The van der Waals surface area contributed by atoms with Crippen LogP contribution in [0.1, 0.15) is 0 Å². The van der Waals surface area contributed by atoms with Gasteiger partial charge in [-0.25, -0.2) is 15.0 Å². The summed E-state index contributed by atoms with van der Waals surface area (Å²) in [6.07, 6.45) is 0. The fourth-order valence-corrected chi connectivity index (χ4v) is 6.31. The van der Waals surface area contributed by atoms with E-state index in [1.807, 2.05) is 54.6 Å². The van der Waals surface area contributed by atoms with Crippen LogP contribution in [0.25, 0.3) is 76.5 Å². The van der Waals surface area contributed by atoms with Gasteiger partial charge < -0.3 is 0 Å². The van der Waals surface area contributed by atoms with Gasteiger partial charge in [-0.05, 0) is 35.4 Å². The van der Waals surface area contributed by atoms with E-state index in [9.17, 15) is 0 Å². The largest absolute Gasteiger partial charge is 0.208 e. The molecule has 3 aromatic heterocycles. The van der Waals surface area contributed by atoms with Crippen molar-refractivity contribution < 1.29 is 0 Å². The first-order chi connectivity index (χ1) is 20.3. The topological polar surface area (TPSA) is 64.5 Å². The summed E-state index contributed by atoms with van der Waals surface area (Å²) in [7, 11) is 0. The van der Waals surface area contributed by atoms with Crippen molar-refractivity contribution in [2.75, 3.05) is 0 Å². The average molecular weight is 544 g/mol. The second-order valence-corrected chi connectivity index (χ2v) is 10.9. The number of aromatic nitrogens is 5. The molecule has 8 rings (SSSR count). The van der Waals surface area contributed by atoms with E-state index >= 15 is 0 Å². The molecular formula is C35H21N5S. The third kappa shape index (κ3) is 4.22. The number of thiophene rings is 1. The zero-order valence-electron chi connectivity index (χ0n) is 21.8. The number of benzene rings is 5. The summed E-state index contributed by atoms with van der Waals surface area (Å²) in [5.74, 6) is 1.89. The Kier molecular flexibility index (Phi) is 5.57. The molecule has 0 aliphatic rings. The van der Waals surface area contributed by atoms with Crippen LogP contribution in [-0.4, -0.2) is 25.1 Å². The van der Waals surface area contributed by atoms with Gasteiger partial charge in [0, 0.05) is 32.2 Å². The van der Waals surface area contributed by atoms with E-state index < -0.39 is 0 Å². The van der Waals surface area contributed by atoms with Crippen molar-refractivity contribution in [3.8, 4) is 45.3 Å².